The van der Waals surface area contributed by atoms with Gasteiger partial charge in [-0.15, -0.1) is 0 Å². The molecule has 1 heterocycles. The van der Waals surface area contributed by atoms with Crippen molar-refractivity contribution in [3.63, 3.8) is 0 Å². The molecule has 0 unspecified atom stereocenters. The summed E-state index contributed by atoms with van der Waals surface area (Å²) in [5.74, 6) is 1.35. The Kier molecular flexibility index (Phi) is 5.50. The molecule has 0 aromatic carbocycles. The minimum Gasteiger partial charge on any atom is -0.300 e. The maximum atomic E-state index is 8.94. The van der Waals surface area contributed by atoms with Gasteiger partial charge < -0.3 is 4.90 Å². The quantitative estimate of drug-likeness (QED) is 0.752. The van der Waals surface area contributed by atoms with Crippen LogP contribution in [0.15, 0.2) is 0 Å². The average molecular weight is 248 g/mol. The molecule has 0 radical (unpaired) electrons. The van der Waals surface area contributed by atoms with E-state index in [1.807, 2.05) is 0 Å². The molecule has 1 saturated carbocycles. The van der Waals surface area contributed by atoms with Crippen LogP contribution in [0.3, 0.4) is 0 Å². The van der Waals surface area contributed by atoms with E-state index in [0.717, 1.165) is 24.8 Å². The molecule has 0 bridgehead atoms. The van der Waals surface area contributed by atoms with Gasteiger partial charge in [0.05, 0.1) is 6.07 Å². The molecule has 2 heteroatoms. The molecule has 18 heavy (non-hydrogen) atoms. The molecule has 102 valence electrons. The lowest BCUT2D eigenvalue weighted by atomic mass is 9.84. The molecule has 2 aliphatic rings. The van der Waals surface area contributed by atoms with Gasteiger partial charge in [0.15, 0.2) is 0 Å². The molecule has 1 aliphatic heterocycles. The largest absolute Gasteiger partial charge is 0.300 e. The molecule has 2 fully saturated rings. The normalized spacial score (nSPS) is 31.1. The Labute approximate surface area is 112 Å². The summed E-state index contributed by atoms with van der Waals surface area (Å²) >= 11 is 0. The summed E-state index contributed by atoms with van der Waals surface area (Å²) in [4.78, 5) is 2.72. The predicted octanol–water partition coefficient (Wildman–Crippen LogP) is 3.97. The number of rotatable bonds is 4. The fourth-order valence-electron chi connectivity index (χ4n) is 3.67. The van der Waals surface area contributed by atoms with E-state index in [4.69, 9.17) is 5.26 Å². The van der Waals surface area contributed by atoms with Crippen molar-refractivity contribution >= 4 is 0 Å². The van der Waals surface area contributed by atoms with Gasteiger partial charge in [-0.2, -0.15) is 5.26 Å². The first-order valence-electron chi connectivity index (χ1n) is 7.97. The lowest BCUT2D eigenvalue weighted by Gasteiger charge is -2.40. The van der Waals surface area contributed by atoms with Gasteiger partial charge in [-0.1, -0.05) is 26.2 Å². The summed E-state index contributed by atoms with van der Waals surface area (Å²) < 4.78 is 0. The maximum absolute atomic E-state index is 8.94. The number of piperidine rings is 1. The highest BCUT2D eigenvalue weighted by molar-refractivity contribution is 4.90. The van der Waals surface area contributed by atoms with Gasteiger partial charge in [0.1, 0.15) is 0 Å². The number of likely N-dealkylation sites (tertiary alicyclic amines) is 1. The molecular weight excluding hydrogens is 220 g/mol. The molecule has 2 rings (SSSR count). The Balaban J connectivity index is 1.69. The molecule has 0 amide bonds. The Morgan fingerprint density at radius 2 is 1.72 bits per heavy atom. The van der Waals surface area contributed by atoms with E-state index in [2.05, 4.69) is 17.9 Å². The highest BCUT2D eigenvalue weighted by Crippen LogP contribution is 2.31. The first-order valence-corrected chi connectivity index (χ1v) is 7.97. The minimum absolute atomic E-state index is 0.350. The van der Waals surface area contributed by atoms with E-state index in [9.17, 15) is 0 Å². The fraction of sp³-hybridized carbons (Fsp3) is 0.938. The number of hydrogen-bond acceptors (Lipinski definition) is 2. The van der Waals surface area contributed by atoms with Crippen molar-refractivity contribution in [1.82, 2.24) is 4.90 Å². The highest BCUT2D eigenvalue weighted by Gasteiger charge is 2.28. The monoisotopic (exact) mass is 248 g/mol. The number of nitrogens with zero attached hydrogens (tertiary/aromatic N) is 2. The first kappa shape index (κ1) is 13.9. The van der Waals surface area contributed by atoms with Crippen LogP contribution >= 0.6 is 0 Å². The van der Waals surface area contributed by atoms with Crippen LogP contribution in [0.5, 0.6) is 0 Å². The van der Waals surface area contributed by atoms with Crippen molar-refractivity contribution in [3.05, 3.63) is 0 Å². The van der Waals surface area contributed by atoms with Gasteiger partial charge in [0.25, 0.3) is 0 Å². The first-order chi connectivity index (χ1) is 8.83. The molecule has 1 aliphatic carbocycles. The number of nitriles is 1. The van der Waals surface area contributed by atoms with Crippen LogP contribution in [0.2, 0.25) is 0 Å². The second-order valence-corrected chi connectivity index (χ2v) is 6.26. The van der Waals surface area contributed by atoms with Crippen LogP contribution in [0.1, 0.15) is 64.7 Å². The van der Waals surface area contributed by atoms with Gasteiger partial charge in [0.2, 0.25) is 0 Å². The van der Waals surface area contributed by atoms with Crippen LogP contribution in [0.4, 0.5) is 0 Å². The van der Waals surface area contributed by atoms with Gasteiger partial charge in [-0.05, 0) is 57.5 Å². The van der Waals surface area contributed by atoms with E-state index >= 15 is 0 Å². The van der Waals surface area contributed by atoms with Crippen LogP contribution in [-0.4, -0.2) is 24.0 Å². The van der Waals surface area contributed by atoms with Gasteiger partial charge >= 0.3 is 0 Å². The molecule has 0 aromatic heterocycles. The molecule has 0 spiro atoms. The number of unbranched alkanes of at least 4 members (excludes halogenated alkanes) is 1. The van der Waals surface area contributed by atoms with E-state index in [1.165, 1.54) is 58.0 Å². The Hall–Kier alpha value is -0.550. The van der Waals surface area contributed by atoms with Crippen molar-refractivity contribution in [2.75, 3.05) is 13.1 Å². The molecule has 0 N–H and O–H groups in total. The molecular formula is C16H28N2. The van der Waals surface area contributed by atoms with Gasteiger partial charge in [-0.3, -0.25) is 0 Å². The zero-order valence-electron chi connectivity index (χ0n) is 11.9. The third-order valence-corrected chi connectivity index (χ3v) is 5.01. The summed E-state index contributed by atoms with van der Waals surface area (Å²) in [6.45, 7) is 4.93. The smallest absolute Gasteiger partial charge is 0.0655 e. The Morgan fingerprint density at radius 3 is 2.28 bits per heavy atom. The van der Waals surface area contributed by atoms with E-state index in [0.29, 0.717) is 5.92 Å². The summed E-state index contributed by atoms with van der Waals surface area (Å²) in [5.41, 5.74) is 0. The van der Waals surface area contributed by atoms with Gasteiger partial charge in [0, 0.05) is 12.0 Å². The van der Waals surface area contributed by atoms with E-state index < -0.39 is 0 Å². The van der Waals surface area contributed by atoms with Crippen molar-refractivity contribution in [2.24, 2.45) is 11.8 Å². The Bertz CT molecular complexity index is 265. The third kappa shape index (κ3) is 3.72. The van der Waals surface area contributed by atoms with Crippen molar-refractivity contribution in [3.8, 4) is 6.07 Å². The molecule has 0 aromatic rings. The SMILES string of the molecule is CCCCC1CCN([C@H]2CC[C@H](C#N)CC2)CC1. The second kappa shape index (κ2) is 7.14. The zero-order valence-corrected chi connectivity index (χ0v) is 11.9. The van der Waals surface area contributed by atoms with Gasteiger partial charge in [-0.25, -0.2) is 0 Å². The average Bonchev–Trinajstić information content (AvgIpc) is 2.46. The Morgan fingerprint density at radius 1 is 1.06 bits per heavy atom. The number of hydrogen-bond donors (Lipinski definition) is 0. The van der Waals surface area contributed by atoms with Crippen LogP contribution in [0, 0.1) is 23.2 Å². The fourth-order valence-corrected chi connectivity index (χ4v) is 3.67. The van der Waals surface area contributed by atoms with Crippen molar-refractivity contribution in [2.45, 2.75) is 70.8 Å². The van der Waals surface area contributed by atoms with Crippen LogP contribution in [0.25, 0.3) is 0 Å². The van der Waals surface area contributed by atoms with E-state index in [-0.39, 0.29) is 0 Å². The van der Waals surface area contributed by atoms with Crippen molar-refractivity contribution in [1.29, 1.82) is 5.26 Å². The van der Waals surface area contributed by atoms with Crippen LogP contribution < -0.4 is 0 Å². The van der Waals surface area contributed by atoms with E-state index in [1.54, 1.807) is 0 Å². The summed E-state index contributed by atoms with van der Waals surface area (Å²) in [7, 11) is 0. The molecule has 1 saturated heterocycles. The minimum atomic E-state index is 0.350. The standard InChI is InChI=1S/C16H28N2/c1-2-3-4-14-9-11-18(12-10-14)16-7-5-15(13-17)6-8-16/h14-16H,2-12H2,1H3/t15-,16-. The van der Waals surface area contributed by atoms with Crippen LogP contribution in [-0.2, 0) is 0 Å². The lowest BCUT2D eigenvalue weighted by Crippen LogP contribution is -2.43. The second-order valence-electron chi connectivity index (χ2n) is 6.26. The van der Waals surface area contributed by atoms with Crippen molar-refractivity contribution < 1.29 is 0 Å². The summed E-state index contributed by atoms with van der Waals surface area (Å²) in [6, 6.07) is 3.23. The maximum Gasteiger partial charge on any atom is 0.0655 e. The predicted molar refractivity (Wildman–Crippen MR) is 75.2 cm³/mol. The topological polar surface area (TPSA) is 27.0 Å². The summed E-state index contributed by atoms with van der Waals surface area (Å²) in [6.07, 6.45) is 11.8. The summed E-state index contributed by atoms with van der Waals surface area (Å²) in [5, 5.41) is 8.94. The zero-order chi connectivity index (χ0) is 12.8. The third-order valence-electron chi connectivity index (χ3n) is 5.01. The highest BCUT2D eigenvalue weighted by atomic mass is 15.2. The molecule has 2 nitrogen and oxygen atoms in total. The molecule has 0 atom stereocenters. The lowest BCUT2D eigenvalue weighted by molar-refractivity contribution is 0.0976.